The first-order valence-electron chi connectivity index (χ1n) is 3.21. The van der Waals surface area contributed by atoms with Gasteiger partial charge in [-0.2, -0.15) is 0 Å². The zero-order valence-corrected chi connectivity index (χ0v) is 5.72. The third kappa shape index (κ3) is 1.12. The fourth-order valence-corrected chi connectivity index (χ4v) is 1.04. The third-order valence-corrected chi connectivity index (χ3v) is 1.52. The number of terminal acetylenes is 2. The van der Waals surface area contributed by atoms with Gasteiger partial charge in [0.2, 0.25) is 0 Å². The second kappa shape index (κ2) is 2.95. The van der Waals surface area contributed by atoms with Crippen LogP contribution in [0.25, 0.3) is 0 Å². The summed E-state index contributed by atoms with van der Waals surface area (Å²) >= 11 is 0. The van der Waals surface area contributed by atoms with E-state index in [1.54, 1.807) is 6.08 Å². The predicted molar refractivity (Wildman–Crippen MR) is 43.1 cm³/mol. The lowest BCUT2D eigenvalue weighted by Crippen LogP contribution is -1.77. The highest BCUT2D eigenvalue weighted by molar-refractivity contribution is 5.49. The Kier molecular flexibility index (Phi) is 1.98. The van der Waals surface area contributed by atoms with E-state index in [9.17, 15) is 0 Å². The third-order valence-electron chi connectivity index (χ3n) is 1.52. The largest absolute Gasteiger partial charge is 0.115 e. The van der Waals surface area contributed by atoms with Crippen molar-refractivity contribution >= 4 is 0 Å². The Morgan fingerprint density at radius 2 is 2.30 bits per heavy atom. The molecule has 1 aliphatic carbocycles. The van der Waals surface area contributed by atoms with Crippen molar-refractivity contribution in [3.8, 4) is 24.7 Å². The lowest BCUT2D eigenvalue weighted by Gasteiger charge is -1.91. The van der Waals surface area contributed by atoms with Gasteiger partial charge in [0, 0.05) is 5.57 Å². The topological polar surface area (TPSA) is 0 Å². The zero-order valence-electron chi connectivity index (χ0n) is 5.72. The van der Waals surface area contributed by atoms with Crippen LogP contribution in [0.5, 0.6) is 0 Å². The molecule has 0 aromatic rings. The average Bonchev–Trinajstić information content (AvgIpc) is 2.36. The summed E-state index contributed by atoms with van der Waals surface area (Å²) < 4.78 is 0. The molecule has 1 rings (SSSR count). The molecule has 48 valence electrons. The highest BCUT2D eigenvalue weighted by atomic mass is 14.1. The summed E-state index contributed by atoms with van der Waals surface area (Å²) in [6, 6.07) is 0. The average molecular weight is 128 g/mol. The summed E-state index contributed by atoms with van der Waals surface area (Å²) in [5, 5.41) is 0. The Balaban J connectivity index is 2.87. The van der Waals surface area contributed by atoms with E-state index in [4.69, 9.17) is 12.8 Å². The van der Waals surface area contributed by atoms with Gasteiger partial charge in [-0.05, 0) is 24.5 Å². The van der Waals surface area contributed by atoms with Crippen molar-refractivity contribution in [2.24, 2.45) is 0 Å². The van der Waals surface area contributed by atoms with Gasteiger partial charge < -0.3 is 0 Å². The minimum absolute atomic E-state index is 0.970. The highest BCUT2D eigenvalue weighted by Gasteiger charge is 2.06. The minimum Gasteiger partial charge on any atom is -0.115 e. The van der Waals surface area contributed by atoms with E-state index in [0.717, 1.165) is 24.0 Å². The molecule has 0 aromatic carbocycles. The molecule has 0 bridgehead atoms. The van der Waals surface area contributed by atoms with E-state index >= 15 is 0 Å². The van der Waals surface area contributed by atoms with Crippen LogP contribution < -0.4 is 0 Å². The first-order valence-corrected chi connectivity index (χ1v) is 3.21. The number of allylic oxidation sites excluding steroid dienone is 4. The molecule has 0 aromatic heterocycles. The SMILES string of the molecule is C#C/C=C1\CCC=C1C#C. The maximum atomic E-state index is 5.23. The second-order valence-electron chi connectivity index (χ2n) is 2.14. The molecule has 0 radical (unpaired) electrons. The van der Waals surface area contributed by atoms with Gasteiger partial charge in [0.1, 0.15) is 0 Å². The van der Waals surface area contributed by atoms with E-state index in [0.29, 0.717) is 0 Å². The molecule has 0 saturated heterocycles. The fourth-order valence-electron chi connectivity index (χ4n) is 1.04. The summed E-state index contributed by atoms with van der Waals surface area (Å²) in [6.45, 7) is 0. The van der Waals surface area contributed by atoms with E-state index in [1.807, 2.05) is 6.08 Å². The van der Waals surface area contributed by atoms with Crippen LogP contribution in [-0.4, -0.2) is 0 Å². The monoisotopic (exact) mass is 128 g/mol. The van der Waals surface area contributed by atoms with Crippen molar-refractivity contribution in [3.05, 3.63) is 23.3 Å². The van der Waals surface area contributed by atoms with Gasteiger partial charge in [-0.1, -0.05) is 17.9 Å². The van der Waals surface area contributed by atoms with Crippen LogP contribution in [-0.2, 0) is 0 Å². The van der Waals surface area contributed by atoms with Crippen LogP contribution in [0, 0.1) is 24.7 Å². The minimum atomic E-state index is 0.970. The Morgan fingerprint density at radius 3 is 2.90 bits per heavy atom. The van der Waals surface area contributed by atoms with Crippen molar-refractivity contribution in [2.45, 2.75) is 12.8 Å². The lowest BCUT2D eigenvalue weighted by atomic mass is 10.1. The summed E-state index contributed by atoms with van der Waals surface area (Å²) in [7, 11) is 0. The first-order chi connectivity index (χ1) is 4.88. The molecule has 0 fully saturated rings. The van der Waals surface area contributed by atoms with E-state index in [-0.39, 0.29) is 0 Å². The quantitative estimate of drug-likeness (QED) is 0.437. The van der Waals surface area contributed by atoms with Crippen molar-refractivity contribution in [1.29, 1.82) is 0 Å². The molecule has 0 atom stereocenters. The number of hydrogen-bond acceptors (Lipinski definition) is 0. The number of rotatable bonds is 0. The summed E-state index contributed by atoms with van der Waals surface area (Å²) in [5.74, 6) is 5.07. The van der Waals surface area contributed by atoms with Crippen molar-refractivity contribution in [1.82, 2.24) is 0 Å². The van der Waals surface area contributed by atoms with Gasteiger partial charge in [0.25, 0.3) is 0 Å². The molecule has 0 heteroatoms. The fraction of sp³-hybridized carbons (Fsp3) is 0.200. The molecule has 10 heavy (non-hydrogen) atoms. The highest BCUT2D eigenvalue weighted by Crippen LogP contribution is 2.23. The maximum absolute atomic E-state index is 5.23. The van der Waals surface area contributed by atoms with Gasteiger partial charge in [-0.3, -0.25) is 0 Å². The molecule has 0 N–H and O–H groups in total. The Morgan fingerprint density at radius 1 is 1.50 bits per heavy atom. The molecule has 0 aliphatic heterocycles. The molecule has 0 spiro atoms. The zero-order chi connectivity index (χ0) is 7.40. The van der Waals surface area contributed by atoms with Gasteiger partial charge in [0.15, 0.2) is 0 Å². The van der Waals surface area contributed by atoms with Crippen LogP contribution in [0.1, 0.15) is 12.8 Å². The smallest absolute Gasteiger partial charge is 0.0241 e. The van der Waals surface area contributed by atoms with Gasteiger partial charge in [0.05, 0.1) is 0 Å². The van der Waals surface area contributed by atoms with Gasteiger partial charge in [-0.15, -0.1) is 12.8 Å². The van der Waals surface area contributed by atoms with Crippen LogP contribution in [0.3, 0.4) is 0 Å². The van der Waals surface area contributed by atoms with Crippen LogP contribution in [0.15, 0.2) is 23.3 Å². The standard InChI is InChI=1S/C10H8/c1-3-6-10-8-5-7-9(10)4-2/h1-2,6-7H,5,8H2/b10-6+. The molecule has 0 heterocycles. The predicted octanol–water partition coefficient (Wildman–Crippen LogP) is 1.90. The number of hydrogen-bond donors (Lipinski definition) is 0. The summed E-state index contributed by atoms with van der Waals surface area (Å²) in [6.07, 6.45) is 16.2. The molecule has 1 aliphatic rings. The normalized spacial score (nSPS) is 19.8. The molecule has 0 unspecified atom stereocenters. The lowest BCUT2D eigenvalue weighted by molar-refractivity contribution is 1.06. The van der Waals surface area contributed by atoms with E-state index < -0.39 is 0 Å². The maximum Gasteiger partial charge on any atom is 0.0241 e. The van der Waals surface area contributed by atoms with Gasteiger partial charge >= 0.3 is 0 Å². The van der Waals surface area contributed by atoms with E-state index in [2.05, 4.69) is 11.8 Å². The van der Waals surface area contributed by atoms with Crippen molar-refractivity contribution in [3.63, 3.8) is 0 Å². The molecule has 0 nitrogen and oxygen atoms in total. The van der Waals surface area contributed by atoms with Crippen LogP contribution in [0.4, 0.5) is 0 Å². The van der Waals surface area contributed by atoms with Crippen molar-refractivity contribution < 1.29 is 0 Å². The van der Waals surface area contributed by atoms with Crippen LogP contribution >= 0.6 is 0 Å². The second-order valence-corrected chi connectivity index (χ2v) is 2.14. The Bertz CT molecular complexity index is 263. The van der Waals surface area contributed by atoms with Crippen LogP contribution in [0.2, 0.25) is 0 Å². The molecular formula is C10H8. The van der Waals surface area contributed by atoms with Crippen molar-refractivity contribution in [2.75, 3.05) is 0 Å². The Labute approximate surface area is 61.6 Å². The summed E-state index contributed by atoms with van der Waals surface area (Å²) in [4.78, 5) is 0. The molecular weight excluding hydrogens is 120 g/mol. The van der Waals surface area contributed by atoms with E-state index in [1.165, 1.54) is 0 Å². The summed E-state index contributed by atoms with van der Waals surface area (Å²) in [5.41, 5.74) is 2.10. The molecule has 0 saturated carbocycles. The van der Waals surface area contributed by atoms with Gasteiger partial charge in [-0.25, -0.2) is 0 Å². The Hall–Kier alpha value is -1.40. The first kappa shape index (κ1) is 6.72. The molecule has 0 amide bonds.